The molecule has 0 heterocycles. The third kappa shape index (κ3) is 10.7. The van der Waals surface area contributed by atoms with E-state index in [1.54, 1.807) is 0 Å². The molecule has 0 aliphatic rings. The second-order valence-electron chi connectivity index (χ2n) is 2.25. The van der Waals surface area contributed by atoms with Crippen molar-refractivity contribution < 1.29 is 23.2 Å². The number of rotatable bonds is 0. The van der Waals surface area contributed by atoms with Gasteiger partial charge in [0.1, 0.15) is 11.5 Å². The molecule has 0 unspecified atom stereocenters. The van der Waals surface area contributed by atoms with Crippen molar-refractivity contribution in [2.45, 2.75) is 0 Å². The molecule has 0 atom stereocenters. The Balaban J connectivity index is 0.000000252. The molecule has 0 radical (unpaired) electrons. The summed E-state index contributed by atoms with van der Waals surface area (Å²) < 4.78 is 25.9. The van der Waals surface area contributed by atoms with E-state index < -0.39 is 10.1 Å². The minimum absolute atomic E-state index is 0.169. The van der Waals surface area contributed by atoms with Crippen LogP contribution < -0.4 is 0 Å². The normalized spacial score (nSPS) is 10.0. The molecule has 0 aliphatic heterocycles. The van der Waals surface area contributed by atoms with Gasteiger partial charge >= 0.3 is 0 Å². The van der Waals surface area contributed by atoms with E-state index in [1.165, 1.54) is 24.3 Å². The van der Waals surface area contributed by atoms with Crippen LogP contribution in [0.2, 0.25) is 0 Å². The summed E-state index contributed by atoms with van der Waals surface area (Å²) in [5.74, 6) is 0.339. The van der Waals surface area contributed by atoms with E-state index in [0.29, 0.717) is 6.26 Å². The first-order valence-corrected chi connectivity index (χ1v) is 5.04. The molecule has 1 aromatic rings. The van der Waals surface area contributed by atoms with Crippen LogP contribution in [0.5, 0.6) is 11.5 Å². The lowest BCUT2D eigenvalue weighted by atomic mass is 10.3. The lowest BCUT2D eigenvalue weighted by molar-refractivity contribution is 0.460. The molecule has 0 fully saturated rings. The average molecular weight is 206 g/mol. The maximum atomic E-state index is 9.19. The van der Waals surface area contributed by atoms with Gasteiger partial charge in [0.15, 0.2) is 0 Å². The summed E-state index contributed by atoms with van der Waals surface area (Å²) >= 11 is 0. The molecule has 74 valence electrons. The van der Waals surface area contributed by atoms with Crippen LogP contribution in [0, 0.1) is 0 Å². The van der Waals surface area contributed by atoms with Crippen LogP contribution in [0.25, 0.3) is 0 Å². The van der Waals surface area contributed by atoms with Gasteiger partial charge in [-0.25, -0.2) is 0 Å². The monoisotopic (exact) mass is 206 g/mol. The Labute approximate surface area is 76.0 Å². The van der Waals surface area contributed by atoms with Crippen molar-refractivity contribution in [1.29, 1.82) is 0 Å². The molecule has 5 nitrogen and oxygen atoms in total. The molecule has 6 heteroatoms. The Hall–Kier alpha value is -1.27. The lowest BCUT2D eigenvalue weighted by Crippen LogP contribution is -1.88. The first-order valence-electron chi connectivity index (χ1n) is 3.19. The van der Waals surface area contributed by atoms with E-state index in [1.807, 2.05) is 0 Å². The number of hydrogen-bond donors (Lipinski definition) is 3. The van der Waals surface area contributed by atoms with Crippen LogP contribution in [0.15, 0.2) is 24.3 Å². The number of phenols is 2. The molecule has 0 saturated heterocycles. The van der Waals surface area contributed by atoms with Crippen LogP contribution in [-0.2, 0) is 10.1 Å². The highest BCUT2D eigenvalue weighted by Crippen LogP contribution is 2.13. The summed E-state index contributed by atoms with van der Waals surface area (Å²) in [6, 6.07) is 5.70. The summed E-state index contributed by atoms with van der Waals surface area (Å²) in [6.45, 7) is 0. The summed E-state index contributed by atoms with van der Waals surface area (Å²) in [5.41, 5.74) is 0. The summed E-state index contributed by atoms with van der Waals surface area (Å²) in [6.07, 6.45) is 0.715. The smallest absolute Gasteiger partial charge is 0.261 e. The van der Waals surface area contributed by atoms with E-state index in [0.717, 1.165) is 0 Å². The topological polar surface area (TPSA) is 94.8 Å². The van der Waals surface area contributed by atoms with Gasteiger partial charge in [-0.15, -0.1) is 0 Å². The van der Waals surface area contributed by atoms with E-state index >= 15 is 0 Å². The highest BCUT2D eigenvalue weighted by Gasteiger charge is 1.84. The van der Waals surface area contributed by atoms with Crippen LogP contribution in [0.3, 0.4) is 0 Å². The van der Waals surface area contributed by atoms with Crippen molar-refractivity contribution in [3.8, 4) is 11.5 Å². The number of hydrogen-bond acceptors (Lipinski definition) is 4. The largest absolute Gasteiger partial charge is 0.508 e. The first-order chi connectivity index (χ1) is 5.79. The molecule has 3 N–H and O–H groups in total. The molecule has 1 aromatic carbocycles. The van der Waals surface area contributed by atoms with Crippen molar-refractivity contribution in [1.82, 2.24) is 0 Å². The molecular formula is C7H10O5S. The minimum atomic E-state index is -3.67. The zero-order valence-corrected chi connectivity index (χ0v) is 7.69. The SMILES string of the molecule is CS(=O)(=O)O.Oc1ccc(O)cc1. The second kappa shape index (κ2) is 4.68. The van der Waals surface area contributed by atoms with Crippen molar-refractivity contribution in [2.75, 3.05) is 6.26 Å². The molecule has 13 heavy (non-hydrogen) atoms. The average Bonchev–Trinajstić information content (AvgIpc) is 1.92. The summed E-state index contributed by atoms with van der Waals surface area (Å²) in [4.78, 5) is 0. The maximum absolute atomic E-state index is 9.19. The Bertz CT molecular complexity index is 311. The fourth-order valence-corrected chi connectivity index (χ4v) is 0.453. The van der Waals surface area contributed by atoms with Crippen LogP contribution >= 0.6 is 0 Å². The van der Waals surface area contributed by atoms with Gasteiger partial charge in [0.2, 0.25) is 0 Å². The molecule has 0 aliphatic carbocycles. The molecule has 1 rings (SSSR count). The predicted molar refractivity (Wildman–Crippen MR) is 47.2 cm³/mol. The predicted octanol–water partition coefficient (Wildman–Crippen LogP) is 0.602. The molecule has 0 amide bonds. The molecule has 0 saturated carbocycles. The second-order valence-corrected chi connectivity index (χ2v) is 3.72. The highest BCUT2D eigenvalue weighted by atomic mass is 32.2. The Morgan fingerprint density at radius 1 is 1.00 bits per heavy atom. The van der Waals surface area contributed by atoms with E-state index in [2.05, 4.69) is 0 Å². The van der Waals surface area contributed by atoms with Gasteiger partial charge in [-0.2, -0.15) is 8.42 Å². The van der Waals surface area contributed by atoms with E-state index in [4.69, 9.17) is 14.8 Å². The lowest BCUT2D eigenvalue weighted by Gasteiger charge is -1.88. The van der Waals surface area contributed by atoms with Crippen molar-refractivity contribution in [3.05, 3.63) is 24.3 Å². The summed E-state index contributed by atoms with van der Waals surface area (Å²) in [5, 5.41) is 17.3. The number of aromatic hydroxyl groups is 2. The zero-order chi connectivity index (χ0) is 10.5. The molecule has 0 spiro atoms. The first kappa shape index (κ1) is 11.7. The van der Waals surface area contributed by atoms with Crippen molar-refractivity contribution in [3.63, 3.8) is 0 Å². The fraction of sp³-hybridized carbons (Fsp3) is 0.143. The summed E-state index contributed by atoms with van der Waals surface area (Å²) in [7, 11) is -3.67. The third-order valence-corrected chi connectivity index (χ3v) is 0.850. The Morgan fingerprint density at radius 2 is 1.15 bits per heavy atom. The zero-order valence-electron chi connectivity index (χ0n) is 6.88. The Kier molecular flexibility index (Phi) is 4.22. The van der Waals surface area contributed by atoms with E-state index in [9.17, 15) is 8.42 Å². The van der Waals surface area contributed by atoms with Crippen LogP contribution in [0.1, 0.15) is 0 Å². The van der Waals surface area contributed by atoms with Gasteiger partial charge in [-0.05, 0) is 24.3 Å². The number of phenolic OH excluding ortho intramolecular Hbond substituents is 2. The van der Waals surface area contributed by atoms with Gasteiger partial charge in [0.05, 0.1) is 6.26 Å². The molecular weight excluding hydrogens is 196 g/mol. The van der Waals surface area contributed by atoms with E-state index in [-0.39, 0.29) is 11.5 Å². The highest BCUT2D eigenvalue weighted by molar-refractivity contribution is 7.85. The van der Waals surface area contributed by atoms with Gasteiger partial charge in [-0.1, -0.05) is 0 Å². The maximum Gasteiger partial charge on any atom is 0.261 e. The van der Waals surface area contributed by atoms with Gasteiger partial charge in [0, 0.05) is 0 Å². The van der Waals surface area contributed by atoms with Crippen molar-refractivity contribution in [2.24, 2.45) is 0 Å². The molecule has 0 bridgehead atoms. The number of benzene rings is 1. The standard InChI is InChI=1S/C6H6O2.CH4O3S/c7-5-1-2-6(8)4-3-5;1-5(2,3)4/h1-4,7-8H;1H3,(H,2,3,4). The van der Waals surface area contributed by atoms with Crippen molar-refractivity contribution >= 4 is 10.1 Å². The minimum Gasteiger partial charge on any atom is -0.508 e. The van der Waals surface area contributed by atoms with Gasteiger partial charge < -0.3 is 10.2 Å². The van der Waals surface area contributed by atoms with Crippen LogP contribution in [0.4, 0.5) is 0 Å². The fourth-order valence-electron chi connectivity index (χ4n) is 0.453. The van der Waals surface area contributed by atoms with Gasteiger partial charge in [-0.3, -0.25) is 4.55 Å². The third-order valence-electron chi connectivity index (χ3n) is 0.850. The quantitative estimate of drug-likeness (QED) is 0.427. The van der Waals surface area contributed by atoms with Crippen LogP contribution in [-0.4, -0.2) is 29.4 Å². The molecule has 0 aromatic heterocycles. The Morgan fingerprint density at radius 3 is 1.31 bits per heavy atom. The van der Waals surface area contributed by atoms with Gasteiger partial charge in [0.25, 0.3) is 10.1 Å².